The van der Waals surface area contributed by atoms with Crippen LogP contribution < -0.4 is 24.8 Å². The van der Waals surface area contributed by atoms with Gasteiger partial charge in [0.05, 0.1) is 35.4 Å². The second kappa shape index (κ2) is 17.6. The molecule has 5 aliphatic rings. The number of unbranched alkanes of at least 4 members (excludes halogenated alkanes) is 2. The summed E-state index contributed by atoms with van der Waals surface area (Å²) in [5.74, 6) is -4.15. The summed E-state index contributed by atoms with van der Waals surface area (Å²) in [5, 5.41) is 14.8. The van der Waals surface area contributed by atoms with Gasteiger partial charge in [-0.15, -0.1) is 0 Å². The Labute approximate surface area is 354 Å². The van der Waals surface area contributed by atoms with Gasteiger partial charge in [-0.3, -0.25) is 19.1 Å². The molecule has 0 spiro atoms. The minimum absolute atomic E-state index is 0. The van der Waals surface area contributed by atoms with Crippen LogP contribution in [0.3, 0.4) is 0 Å². The quantitative estimate of drug-likeness (QED) is 0.117. The molecule has 2 heterocycles. The molecule has 1 aliphatic heterocycles. The van der Waals surface area contributed by atoms with E-state index in [1.165, 1.54) is 38.2 Å². The highest BCUT2D eigenvalue weighted by molar-refractivity contribution is 7.91. The lowest BCUT2D eigenvalue weighted by atomic mass is 9.83. The summed E-state index contributed by atoms with van der Waals surface area (Å²) in [7, 11) is -2.72. The van der Waals surface area contributed by atoms with E-state index in [4.69, 9.17) is 19.4 Å². The third-order valence-corrected chi connectivity index (χ3v) is 15.7. The number of ether oxygens (including phenoxy) is 2. The number of alkyl halides is 2. The van der Waals surface area contributed by atoms with Gasteiger partial charge in [0, 0.05) is 16.3 Å². The molecular weight excluding hydrogens is 803 g/mol. The summed E-state index contributed by atoms with van der Waals surface area (Å²) in [5.41, 5.74) is -0.551. The number of halogens is 2. The van der Waals surface area contributed by atoms with Gasteiger partial charge in [-0.2, -0.15) is 0 Å². The molecule has 15 nitrogen and oxygen atoms in total. The molecule has 336 valence electrons. The number of methoxy groups -OCH3 is 1. The fraction of sp³-hybridized carbons (Fsp3) is 0.714. The summed E-state index contributed by atoms with van der Waals surface area (Å²) >= 11 is 0. The Morgan fingerprint density at radius 1 is 1.03 bits per heavy atom. The third-order valence-electron chi connectivity index (χ3n) is 13.6. The smallest absolute Gasteiger partial charge is 0.405 e. The number of hydrogen-bond acceptors (Lipinski definition) is 10. The minimum Gasteiger partial charge on any atom is -0.497 e. The largest absolute Gasteiger partial charge is 0.497 e. The number of nitrogens with one attached hydrogen (secondary N) is 3. The number of amides is 4. The average Bonchev–Trinajstić information content (AvgIpc) is 4.16. The van der Waals surface area contributed by atoms with E-state index in [9.17, 15) is 41.5 Å². The summed E-state index contributed by atoms with van der Waals surface area (Å²) in [4.78, 5) is 66.4. The number of fused-ring (bicyclic) bond motifs is 1. The van der Waals surface area contributed by atoms with E-state index in [0.717, 1.165) is 44.4 Å². The van der Waals surface area contributed by atoms with Crippen molar-refractivity contribution < 1.29 is 55.2 Å². The Hall–Kier alpha value is -4.35. The molecule has 0 unspecified atom stereocenters. The minimum atomic E-state index is -4.25. The average molecular weight is 867 g/mol. The van der Waals surface area contributed by atoms with Gasteiger partial charge in [0.1, 0.15) is 35.2 Å². The van der Waals surface area contributed by atoms with Gasteiger partial charge in [0.15, 0.2) is 0 Å². The van der Waals surface area contributed by atoms with E-state index in [-0.39, 0.29) is 41.9 Å². The molecule has 4 saturated carbocycles. The zero-order valence-electron chi connectivity index (χ0n) is 34.6. The van der Waals surface area contributed by atoms with Crippen molar-refractivity contribution in [1.29, 1.82) is 0 Å². The lowest BCUT2D eigenvalue weighted by Crippen LogP contribution is -2.60. The highest BCUT2D eigenvalue weighted by atomic mass is 32.2. The Morgan fingerprint density at radius 3 is 2.38 bits per heavy atom. The van der Waals surface area contributed by atoms with Crippen LogP contribution in [0.5, 0.6) is 11.6 Å². The Bertz CT molecular complexity index is 2080. The van der Waals surface area contributed by atoms with Crippen LogP contribution in [0, 0.1) is 23.7 Å². The number of carbonyl (C=O) groups is 4. The molecule has 1 aromatic carbocycles. The van der Waals surface area contributed by atoms with Crippen LogP contribution in [0.2, 0.25) is 0 Å². The van der Waals surface area contributed by atoms with Crippen molar-refractivity contribution in [3.63, 3.8) is 0 Å². The molecule has 1 saturated heterocycles. The number of aryl methyl sites for hydroxylation is 1. The normalized spacial score (nSPS) is 26.7. The second-order valence-electron chi connectivity index (χ2n) is 17.9. The second-order valence-corrected chi connectivity index (χ2v) is 20.0. The Kier molecular flexibility index (Phi) is 12.8. The predicted molar refractivity (Wildman–Crippen MR) is 222 cm³/mol. The first-order valence-electron chi connectivity index (χ1n) is 21.6. The van der Waals surface area contributed by atoms with Crippen LogP contribution in [0.1, 0.15) is 120 Å². The number of rotatable bonds is 19. The highest BCUT2D eigenvalue weighted by Gasteiger charge is 2.67. The van der Waals surface area contributed by atoms with Crippen molar-refractivity contribution in [2.45, 2.75) is 151 Å². The maximum atomic E-state index is 14.8. The summed E-state index contributed by atoms with van der Waals surface area (Å²) in [6.45, 7) is 3.04. The molecule has 18 heteroatoms. The number of hydrogen-bond donors (Lipinski definition) is 4. The van der Waals surface area contributed by atoms with E-state index >= 15 is 0 Å². The third kappa shape index (κ3) is 9.27. The molecule has 1 aromatic heterocycles. The fourth-order valence-corrected chi connectivity index (χ4v) is 10.5. The highest BCUT2D eigenvalue weighted by Crippen LogP contribution is 2.50. The van der Waals surface area contributed by atoms with E-state index in [2.05, 4.69) is 10.6 Å². The first-order valence-corrected chi connectivity index (χ1v) is 23.1. The molecule has 0 radical (unpaired) electrons. The van der Waals surface area contributed by atoms with Crippen molar-refractivity contribution in [3.05, 3.63) is 23.9 Å². The van der Waals surface area contributed by atoms with Crippen LogP contribution in [0.4, 0.5) is 13.6 Å². The molecule has 60 heavy (non-hydrogen) atoms. The molecule has 4 aliphatic carbocycles. The SMILES string of the molecule is CC[C@@H]1[C@@H](Oc2nc3cc(OC)ccc3nc2CCCCCC2CC2)CN(C(=O)[C@@H](NC(=O)O)C2CCCCC2)[C@@H]1C(=O)N[C@]1(C(=O)NS(=O)(=O)C2(C)CC2)C[C@H]1C(F)F.[HH].[HH].[HH]. The van der Waals surface area contributed by atoms with Crippen LogP contribution in [-0.4, -0.2) is 101 Å². The molecule has 2 aromatic rings. The number of sulfonamides is 1. The topological polar surface area (TPSA) is 206 Å². The van der Waals surface area contributed by atoms with Crippen LogP contribution >= 0.6 is 0 Å². The van der Waals surface area contributed by atoms with E-state index in [1.54, 1.807) is 25.1 Å². The number of nitrogens with zero attached hydrogens (tertiary/aromatic N) is 3. The fourth-order valence-electron chi connectivity index (χ4n) is 9.23. The summed E-state index contributed by atoms with van der Waals surface area (Å²) < 4.78 is 67.8. The Balaban J connectivity index is 0.00000290. The van der Waals surface area contributed by atoms with Crippen LogP contribution in [0.25, 0.3) is 11.0 Å². The molecule has 0 bridgehead atoms. The summed E-state index contributed by atoms with van der Waals surface area (Å²) in [6.07, 6.45) is 5.77. The number of carboxylic acid groups (broad SMARTS) is 1. The molecule has 6 atom stereocenters. The standard InChI is InChI=1S/C42H58F2N6O9S.3H2/c1-4-27-32(59-37-30(14-10-5-7-11-24-15-16-24)45-29-18-17-26(58-3)21-31(29)46-37)23-50(38(52)33(47-40(54)55)25-12-8-6-9-13-25)34(27)36(51)48-42(22-28(42)35(43)44)39(53)49-60(56,57)41(2)19-20-41;;;/h17-18,21,24-25,27-28,32-35,47H,4-16,19-20,22-23H2,1-3H3,(H,48,51)(H,49,53)(H,54,55);3*1H/t27-,28+,32+,33+,34+,42-;;;/m1.../s1. The van der Waals surface area contributed by atoms with Crippen molar-refractivity contribution in [2.24, 2.45) is 23.7 Å². The zero-order chi connectivity index (χ0) is 43.0. The van der Waals surface area contributed by atoms with Gasteiger partial charge in [0.2, 0.25) is 34.1 Å². The van der Waals surface area contributed by atoms with E-state index < -0.39 is 87.0 Å². The molecule has 5 fully saturated rings. The maximum Gasteiger partial charge on any atom is 0.405 e. The molecular formula is C42H64F2N6O9S. The first-order chi connectivity index (χ1) is 28.6. The number of benzene rings is 1. The molecule has 4 N–H and O–H groups in total. The van der Waals surface area contributed by atoms with E-state index in [1.807, 2.05) is 4.72 Å². The zero-order valence-corrected chi connectivity index (χ0v) is 35.4. The number of carbonyl (C=O) groups excluding carboxylic acids is 3. The van der Waals surface area contributed by atoms with Crippen molar-refractivity contribution in [1.82, 2.24) is 30.2 Å². The van der Waals surface area contributed by atoms with Crippen molar-refractivity contribution in [2.75, 3.05) is 13.7 Å². The van der Waals surface area contributed by atoms with Crippen LogP contribution in [0.15, 0.2) is 18.2 Å². The lowest BCUT2D eigenvalue weighted by molar-refractivity contribution is -0.143. The van der Waals surface area contributed by atoms with Gasteiger partial charge in [0.25, 0.3) is 5.91 Å². The van der Waals surface area contributed by atoms with Crippen molar-refractivity contribution in [3.8, 4) is 11.6 Å². The van der Waals surface area contributed by atoms with Gasteiger partial charge >= 0.3 is 6.09 Å². The van der Waals surface area contributed by atoms with Gasteiger partial charge in [-0.05, 0) is 82.3 Å². The molecule has 7 rings (SSSR count). The lowest BCUT2D eigenvalue weighted by Gasteiger charge is -2.35. The van der Waals surface area contributed by atoms with Crippen molar-refractivity contribution >= 4 is 44.9 Å². The predicted octanol–water partition coefficient (Wildman–Crippen LogP) is 6.23. The molecule has 4 amide bonds. The maximum absolute atomic E-state index is 14.8. The van der Waals surface area contributed by atoms with Gasteiger partial charge < -0.3 is 30.1 Å². The van der Waals surface area contributed by atoms with Crippen LogP contribution in [-0.2, 0) is 30.8 Å². The Morgan fingerprint density at radius 2 is 1.77 bits per heavy atom. The summed E-state index contributed by atoms with van der Waals surface area (Å²) in [6, 6.07) is 2.69. The number of likely N-dealkylation sites (tertiary alicyclic amines) is 1. The van der Waals surface area contributed by atoms with E-state index in [0.29, 0.717) is 41.7 Å². The monoisotopic (exact) mass is 866 g/mol. The number of aromatic nitrogens is 2. The van der Waals surface area contributed by atoms with Gasteiger partial charge in [-0.1, -0.05) is 58.3 Å². The first kappa shape index (κ1) is 43.7. The van der Waals surface area contributed by atoms with Gasteiger partial charge in [-0.25, -0.2) is 32.0 Å².